The van der Waals surface area contributed by atoms with E-state index in [0.717, 1.165) is 5.56 Å². The Morgan fingerprint density at radius 2 is 1.88 bits per heavy atom. The van der Waals surface area contributed by atoms with Gasteiger partial charge in [-0.15, -0.1) is 0 Å². The van der Waals surface area contributed by atoms with Gasteiger partial charge in [0.2, 0.25) is 5.91 Å². The highest BCUT2D eigenvalue weighted by atomic mass is 32.1. The molecule has 1 unspecified atom stereocenters. The van der Waals surface area contributed by atoms with Gasteiger partial charge < -0.3 is 4.90 Å². The van der Waals surface area contributed by atoms with E-state index in [1.807, 2.05) is 51.2 Å². The van der Waals surface area contributed by atoms with E-state index in [1.54, 1.807) is 4.90 Å². The molecular formula is C13H19NOS. The molecule has 1 amide bonds. The molecule has 0 spiro atoms. The van der Waals surface area contributed by atoms with Gasteiger partial charge >= 0.3 is 0 Å². The zero-order valence-corrected chi connectivity index (χ0v) is 10.9. The summed E-state index contributed by atoms with van der Waals surface area (Å²) < 4.78 is 0. The topological polar surface area (TPSA) is 20.3 Å². The minimum atomic E-state index is -0.255. The summed E-state index contributed by atoms with van der Waals surface area (Å²) in [5, 5.41) is -0.255. The third-order valence-electron chi connectivity index (χ3n) is 2.68. The van der Waals surface area contributed by atoms with Crippen molar-refractivity contribution in [3.63, 3.8) is 0 Å². The zero-order chi connectivity index (χ0) is 12.1. The van der Waals surface area contributed by atoms with Gasteiger partial charge in [-0.1, -0.05) is 30.3 Å². The van der Waals surface area contributed by atoms with Gasteiger partial charge in [-0.2, -0.15) is 12.6 Å². The monoisotopic (exact) mass is 237 g/mol. The van der Waals surface area contributed by atoms with E-state index in [9.17, 15) is 4.79 Å². The Kier molecular flexibility index (Phi) is 4.87. The summed E-state index contributed by atoms with van der Waals surface area (Å²) in [6.45, 7) is 4.00. The molecule has 0 aliphatic carbocycles. The Labute approximate surface area is 103 Å². The maximum absolute atomic E-state index is 11.9. The molecule has 0 aliphatic heterocycles. The summed E-state index contributed by atoms with van der Waals surface area (Å²) >= 11 is 4.38. The molecule has 0 aromatic heterocycles. The lowest BCUT2D eigenvalue weighted by molar-refractivity contribution is -0.130. The van der Waals surface area contributed by atoms with Crippen LogP contribution in [0.2, 0.25) is 0 Å². The quantitative estimate of drug-likeness (QED) is 0.797. The third kappa shape index (κ3) is 3.56. The first-order chi connectivity index (χ1) is 7.52. The van der Waals surface area contributed by atoms with Gasteiger partial charge in [0.1, 0.15) is 0 Å². The molecular weight excluding hydrogens is 218 g/mol. The second-order valence-corrected chi connectivity index (χ2v) is 4.87. The van der Waals surface area contributed by atoms with Crippen molar-refractivity contribution in [3.05, 3.63) is 35.9 Å². The van der Waals surface area contributed by atoms with Crippen molar-refractivity contribution in [2.75, 3.05) is 7.05 Å². The lowest BCUT2D eigenvalue weighted by Gasteiger charge is -2.24. The minimum absolute atomic E-state index is 0.0854. The maximum atomic E-state index is 11.9. The Bertz CT molecular complexity index is 337. The van der Waals surface area contributed by atoms with E-state index in [-0.39, 0.29) is 17.2 Å². The zero-order valence-electron chi connectivity index (χ0n) is 10.1. The number of carbonyl (C=O) groups excluding carboxylic acids is 1. The second-order valence-electron chi connectivity index (χ2n) is 4.25. The fourth-order valence-corrected chi connectivity index (χ4v) is 1.81. The largest absolute Gasteiger partial charge is 0.342 e. The molecule has 0 radical (unpaired) electrons. The van der Waals surface area contributed by atoms with Crippen LogP contribution in [0.15, 0.2) is 30.3 Å². The number of carbonyl (C=O) groups is 1. The van der Waals surface area contributed by atoms with Crippen LogP contribution in [0.5, 0.6) is 0 Å². The maximum Gasteiger partial charge on any atom is 0.235 e. The number of hydrogen-bond donors (Lipinski definition) is 1. The van der Waals surface area contributed by atoms with Crippen LogP contribution < -0.4 is 0 Å². The smallest absolute Gasteiger partial charge is 0.235 e. The van der Waals surface area contributed by atoms with Crippen LogP contribution in [0.4, 0.5) is 0 Å². The van der Waals surface area contributed by atoms with Crippen molar-refractivity contribution < 1.29 is 4.79 Å². The average Bonchev–Trinajstić information content (AvgIpc) is 2.28. The van der Waals surface area contributed by atoms with Gasteiger partial charge in [0.25, 0.3) is 0 Å². The molecule has 0 heterocycles. The Morgan fingerprint density at radius 1 is 1.31 bits per heavy atom. The minimum Gasteiger partial charge on any atom is -0.342 e. The number of benzene rings is 1. The highest BCUT2D eigenvalue weighted by molar-refractivity contribution is 7.81. The lowest BCUT2D eigenvalue weighted by atomic mass is 10.1. The Balaban J connectivity index is 2.59. The van der Waals surface area contributed by atoms with Crippen LogP contribution in [0, 0.1) is 0 Å². The van der Waals surface area contributed by atoms with Crippen LogP contribution in [0.25, 0.3) is 0 Å². The second kappa shape index (κ2) is 5.94. The molecule has 1 atom stereocenters. The molecule has 0 aliphatic rings. The lowest BCUT2D eigenvalue weighted by Crippen LogP contribution is -2.39. The van der Waals surface area contributed by atoms with Gasteiger partial charge in [0.05, 0.1) is 5.25 Å². The van der Waals surface area contributed by atoms with Crippen molar-refractivity contribution in [1.29, 1.82) is 0 Å². The van der Waals surface area contributed by atoms with E-state index in [1.165, 1.54) is 0 Å². The van der Waals surface area contributed by atoms with Crippen LogP contribution in [0.3, 0.4) is 0 Å². The first kappa shape index (κ1) is 13.1. The predicted octanol–water partition coefficient (Wildman–Crippen LogP) is 2.39. The van der Waals surface area contributed by atoms with E-state index in [2.05, 4.69) is 12.6 Å². The first-order valence-electron chi connectivity index (χ1n) is 5.51. The highest BCUT2D eigenvalue weighted by Gasteiger charge is 2.20. The Morgan fingerprint density at radius 3 is 2.38 bits per heavy atom. The van der Waals surface area contributed by atoms with Crippen molar-refractivity contribution in [2.24, 2.45) is 0 Å². The SMILES string of the molecule is CC(C)N(C)C(=O)C(S)Cc1ccccc1. The van der Waals surface area contributed by atoms with Crippen molar-refractivity contribution in [3.8, 4) is 0 Å². The van der Waals surface area contributed by atoms with Gasteiger partial charge in [0.15, 0.2) is 0 Å². The summed E-state index contributed by atoms with van der Waals surface area (Å²) in [5.74, 6) is 0.0854. The van der Waals surface area contributed by atoms with Gasteiger partial charge in [-0.3, -0.25) is 4.79 Å². The van der Waals surface area contributed by atoms with Gasteiger partial charge in [0, 0.05) is 13.1 Å². The molecule has 88 valence electrons. The Hall–Kier alpha value is -0.960. The van der Waals surface area contributed by atoms with Gasteiger partial charge in [-0.05, 0) is 25.8 Å². The van der Waals surface area contributed by atoms with E-state index in [0.29, 0.717) is 6.42 Å². The fourth-order valence-electron chi connectivity index (χ4n) is 1.41. The van der Waals surface area contributed by atoms with Crippen molar-refractivity contribution in [2.45, 2.75) is 31.6 Å². The number of rotatable bonds is 4. The fraction of sp³-hybridized carbons (Fsp3) is 0.462. The molecule has 3 heteroatoms. The summed E-state index contributed by atoms with van der Waals surface area (Å²) in [7, 11) is 1.82. The van der Waals surface area contributed by atoms with E-state index >= 15 is 0 Å². The molecule has 1 aromatic carbocycles. The first-order valence-corrected chi connectivity index (χ1v) is 6.02. The van der Waals surface area contributed by atoms with Crippen LogP contribution in [-0.4, -0.2) is 29.1 Å². The third-order valence-corrected chi connectivity index (χ3v) is 3.08. The predicted molar refractivity (Wildman–Crippen MR) is 70.8 cm³/mol. The van der Waals surface area contributed by atoms with E-state index < -0.39 is 0 Å². The molecule has 0 N–H and O–H groups in total. The van der Waals surface area contributed by atoms with Crippen molar-refractivity contribution in [1.82, 2.24) is 4.90 Å². The molecule has 2 nitrogen and oxygen atoms in total. The number of nitrogens with zero attached hydrogens (tertiary/aromatic N) is 1. The number of hydrogen-bond acceptors (Lipinski definition) is 2. The summed E-state index contributed by atoms with van der Waals surface area (Å²) in [5.41, 5.74) is 1.15. The highest BCUT2D eigenvalue weighted by Crippen LogP contribution is 2.11. The number of thiol groups is 1. The van der Waals surface area contributed by atoms with Crippen molar-refractivity contribution >= 4 is 18.5 Å². The molecule has 0 saturated heterocycles. The molecule has 16 heavy (non-hydrogen) atoms. The van der Waals surface area contributed by atoms with Gasteiger partial charge in [-0.25, -0.2) is 0 Å². The summed E-state index contributed by atoms with van der Waals surface area (Å²) in [6.07, 6.45) is 0.680. The molecule has 0 saturated carbocycles. The van der Waals surface area contributed by atoms with Crippen LogP contribution >= 0.6 is 12.6 Å². The summed E-state index contributed by atoms with van der Waals surface area (Å²) in [4.78, 5) is 13.7. The standard InChI is InChI=1S/C13H19NOS/c1-10(2)14(3)13(15)12(16)9-11-7-5-4-6-8-11/h4-8,10,12,16H,9H2,1-3H3. The average molecular weight is 237 g/mol. The number of amides is 1. The molecule has 1 rings (SSSR count). The molecule has 0 bridgehead atoms. The van der Waals surface area contributed by atoms with E-state index in [4.69, 9.17) is 0 Å². The van der Waals surface area contributed by atoms with Crippen LogP contribution in [0.1, 0.15) is 19.4 Å². The molecule has 1 aromatic rings. The normalized spacial score (nSPS) is 12.6. The van der Waals surface area contributed by atoms with Crippen LogP contribution in [-0.2, 0) is 11.2 Å². The molecule has 0 fully saturated rings. The summed E-state index contributed by atoms with van der Waals surface area (Å²) in [6, 6.07) is 10.2.